The Labute approximate surface area is 193 Å². The number of fused-ring (bicyclic) bond motifs is 1. The molecule has 0 radical (unpaired) electrons. The number of carbonyl (C=O) groups is 2. The standard InChI is InChI=1S/C23H16Cl2N2O5/c24-15-7-5-14(6-8-15)13-26-20-10-9-16(25)11-18(20)23(30,22(26)29)12-21(28)17-3-1-2-4-19(17)27(31)32/h1-11,30H,12-13H2/t23-/m0/s1. The zero-order chi connectivity index (χ0) is 23.0. The van der Waals surface area contributed by atoms with Crippen LogP contribution >= 0.6 is 23.2 Å². The predicted octanol–water partition coefficient (Wildman–Crippen LogP) is 4.91. The molecule has 0 fully saturated rings. The lowest BCUT2D eigenvalue weighted by molar-refractivity contribution is -0.385. The second-order valence-electron chi connectivity index (χ2n) is 7.41. The molecule has 0 saturated carbocycles. The first-order valence-electron chi connectivity index (χ1n) is 9.56. The first-order valence-corrected chi connectivity index (χ1v) is 10.3. The van der Waals surface area contributed by atoms with Gasteiger partial charge in [0.05, 0.1) is 29.1 Å². The van der Waals surface area contributed by atoms with Crippen molar-refractivity contribution in [1.29, 1.82) is 0 Å². The molecule has 4 rings (SSSR count). The highest BCUT2D eigenvalue weighted by atomic mass is 35.5. The summed E-state index contributed by atoms with van der Waals surface area (Å²) in [6.07, 6.45) is -0.666. The van der Waals surface area contributed by atoms with Gasteiger partial charge in [-0.3, -0.25) is 19.7 Å². The van der Waals surface area contributed by atoms with Gasteiger partial charge in [-0.1, -0.05) is 47.5 Å². The Morgan fingerprint density at radius 1 is 1.03 bits per heavy atom. The zero-order valence-corrected chi connectivity index (χ0v) is 18.0. The molecule has 3 aromatic rings. The summed E-state index contributed by atoms with van der Waals surface area (Å²) in [5, 5.41) is 23.6. The van der Waals surface area contributed by atoms with Crippen LogP contribution < -0.4 is 4.90 Å². The maximum absolute atomic E-state index is 13.4. The van der Waals surface area contributed by atoms with Crippen LogP contribution in [0.15, 0.2) is 66.7 Å². The molecule has 0 aromatic heterocycles. The average Bonchev–Trinajstić information content (AvgIpc) is 2.96. The Balaban J connectivity index is 1.73. The maximum atomic E-state index is 13.4. The molecule has 32 heavy (non-hydrogen) atoms. The van der Waals surface area contributed by atoms with E-state index >= 15 is 0 Å². The molecule has 3 aromatic carbocycles. The van der Waals surface area contributed by atoms with Crippen molar-refractivity contribution in [3.63, 3.8) is 0 Å². The first-order chi connectivity index (χ1) is 15.2. The number of anilines is 1. The Morgan fingerprint density at radius 3 is 2.38 bits per heavy atom. The number of benzene rings is 3. The number of nitrogens with zero attached hydrogens (tertiary/aromatic N) is 2. The molecule has 0 unspecified atom stereocenters. The molecule has 0 aliphatic carbocycles. The van der Waals surface area contributed by atoms with Crippen LogP contribution in [0, 0.1) is 10.1 Å². The smallest absolute Gasteiger partial charge is 0.280 e. The summed E-state index contributed by atoms with van der Waals surface area (Å²) in [6, 6.07) is 16.9. The highest BCUT2D eigenvalue weighted by Crippen LogP contribution is 2.45. The third kappa shape index (κ3) is 3.86. The molecule has 0 saturated heterocycles. The number of Topliss-reactive ketones (excluding diaryl/α,β-unsaturated/α-hetero) is 1. The van der Waals surface area contributed by atoms with Gasteiger partial charge in [-0.25, -0.2) is 0 Å². The second-order valence-corrected chi connectivity index (χ2v) is 8.29. The van der Waals surface area contributed by atoms with E-state index < -0.39 is 34.3 Å². The minimum absolute atomic E-state index is 0.132. The summed E-state index contributed by atoms with van der Waals surface area (Å²) in [5.41, 5.74) is -1.44. The van der Waals surface area contributed by atoms with E-state index in [2.05, 4.69) is 0 Å². The van der Waals surface area contributed by atoms with Crippen LogP contribution in [0.4, 0.5) is 11.4 Å². The summed E-state index contributed by atoms with van der Waals surface area (Å²) >= 11 is 12.0. The van der Waals surface area contributed by atoms with Gasteiger partial charge < -0.3 is 10.0 Å². The number of ketones is 1. The van der Waals surface area contributed by atoms with E-state index in [4.69, 9.17) is 23.2 Å². The quantitative estimate of drug-likeness (QED) is 0.313. The van der Waals surface area contributed by atoms with Crippen LogP contribution in [0.3, 0.4) is 0 Å². The highest BCUT2D eigenvalue weighted by molar-refractivity contribution is 6.31. The summed E-state index contributed by atoms with van der Waals surface area (Å²) in [7, 11) is 0. The van der Waals surface area contributed by atoms with Crippen LogP contribution in [-0.4, -0.2) is 21.7 Å². The summed E-state index contributed by atoms with van der Waals surface area (Å²) in [6.45, 7) is 0.132. The molecule has 9 heteroatoms. The summed E-state index contributed by atoms with van der Waals surface area (Å²) < 4.78 is 0. The number of rotatable bonds is 6. The number of nitro benzene ring substituents is 1. The number of halogens is 2. The number of para-hydroxylation sites is 1. The van der Waals surface area contributed by atoms with E-state index in [9.17, 15) is 24.8 Å². The molecular weight excluding hydrogens is 455 g/mol. The summed E-state index contributed by atoms with van der Waals surface area (Å²) in [4.78, 5) is 38.4. The van der Waals surface area contributed by atoms with Gasteiger partial charge in [-0.15, -0.1) is 0 Å². The molecule has 1 aliphatic heterocycles. The van der Waals surface area contributed by atoms with Crippen molar-refractivity contribution in [1.82, 2.24) is 0 Å². The molecule has 7 nitrogen and oxygen atoms in total. The lowest BCUT2D eigenvalue weighted by Crippen LogP contribution is -2.41. The van der Waals surface area contributed by atoms with Crippen molar-refractivity contribution in [2.24, 2.45) is 0 Å². The lowest BCUT2D eigenvalue weighted by Gasteiger charge is -2.23. The molecule has 0 bridgehead atoms. The van der Waals surface area contributed by atoms with Gasteiger partial charge in [0.25, 0.3) is 11.6 Å². The number of aliphatic hydroxyl groups is 1. The third-order valence-corrected chi connectivity index (χ3v) is 5.85. The number of hydrogen-bond acceptors (Lipinski definition) is 5. The van der Waals surface area contributed by atoms with E-state index in [1.807, 2.05) is 0 Å². The molecule has 1 heterocycles. The molecule has 1 aliphatic rings. The van der Waals surface area contributed by atoms with Gasteiger partial charge in [0.2, 0.25) is 0 Å². The van der Waals surface area contributed by atoms with Crippen molar-refractivity contribution in [2.75, 3.05) is 4.90 Å². The van der Waals surface area contributed by atoms with Gasteiger partial charge in [0, 0.05) is 21.7 Å². The fraction of sp³-hybridized carbons (Fsp3) is 0.130. The largest absolute Gasteiger partial charge is 0.375 e. The number of nitro groups is 1. The maximum Gasteiger partial charge on any atom is 0.280 e. The van der Waals surface area contributed by atoms with Crippen molar-refractivity contribution < 1.29 is 19.6 Å². The van der Waals surface area contributed by atoms with Gasteiger partial charge in [0.1, 0.15) is 0 Å². The molecule has 1 N–H and O–H groups in total. The van der Waals surface area contributed by atoms with E-state index in [1.165, 1.54) is 35.2 Å². The van der Waals surface area contributed by atoms with Gasteiger partial charge in [-0.2, -0.15) is 0 Å². The van der Waals surface area contributed by atoms with E-state index in [0.717, 1.165) is 5.56 Å². The normalized spacial score (nSPS) is 17.3. The van der Waals surface area contributed by atoms with Crippen molar-refractivity contribution in [3.05, 3.63) is 104 Å². The van der Waals surface area contributed by atoms with Crippen molar-refractivity contribution in [3.8, 4) is 0 Å². The third-order valence-electron chi connectivity index (χ3n) is 5.37. The predicted molar refractivity (Wildman–Crippen MR) is 120 cm³/mol. The summed E-state index contributed by atoms with van der Waals surface area (Å²) in [5.74, 6) is -1.44. The minimum Gasteiger partial charge on any atom is -0.375 e. The Bertz CT molecular complexity index is 1250. The topological polar surface area (TPSA) is 101 Å². The minimum atomic E-state index is -2.21. The van der Waals surface area contributed by atoms with Gasteiger partial charge in [0.15, 0.2) is 11.4 Å². The van der Waals surface area contributed by atoms with Crippen LogP contribution in [0.1, 0.15) is 27.9 Å². The molecule has 1 atom stereocenters. The van der Waals surface area contributed by atoms with Crippen molar-refractivity contribution >= 4 is 46.3 Å². The van der Waals surface area contributed by atoms with Gasteiger partial charge in [-0.05, 0) is 42.0 Å². The Kier molecular flexibility index (Phi) is 5.73. The molecular formula is C23H16Cl2N2O5. The number of carbonyl (C=O) groups excluding carboxylic acids is 2. The molecule has 1 amide bonds. The second kappa shape index (κ2) is 8.35. The van der Waals surface area contributed by atoms with Crippen LogP contribution in [0.25, 0.3) is 0 Å². The molecule has 162 valence electrons. The van der Waals surface area contributed by atoms with Gasteiger partial charge >= 0.3 is 0 Å². The van der Waals surface area contributed by atoms with Crippen LogP contribution in [0.2, 0.25) is 10.0 Å². The van der Waals surface area contributed by atoms with E-state index in [0.29, 0.717) is 10.7 Å². The fourth-order valence-corrected chi connectivity index (χ4v) is 4.12. The monoisotopic (exact) mass is 470 g/mol. The van der Waals surface area contributed by atoms with E-state index in [-0.39, 0.29) is 22.7 Å². The number of amides is 1. The van der Waals surface area contributed by atoms with Crippen LogP contribution in [-0.2, 0) is 16.9 Å². The fourth-order valence-electron chi connectivity index (χ4n) is 3.82. The SMILES string of the molecule is O=C(C[C@@]1(O)C(=O)N(Cc2ccc(Cl)cc2)c2ccc(Cl)cc21)c1ccccc1[N+](=O)[O-]. The zero-order valence-electron chi connectivity index (χ0n) is 16.5. The van der Waals surface area contributed by atoms with Crippen LogP contribution in [0.5, 0.6) is 0 Å². The van der Waals surface area contributed by atoms with Crippen molar-refractivity contribution in [2.45, 2.75) is 18.6 Å². The Morgan fingerprint density at radius 2 is 1.69 bits per heavy atom. The highest BCUT2D eigenvalue weighted by Gasteiger charge is 2.51. The Hall–Kier alpha value is -3.26. The lowest BCUT2D eigenvalue weighted by atomic mass is 9.87. The van der Waals surface area contributed by atoms with E-state index in [1.54, 1.807) is 36.4 Å². The average molecular weight is 471 g/mol. The molecule has 0 spiro atoms. The number of hydrogen-bond donors (Lipinski definition) is 1. The first kappa shape index (κ1) is 22.0.